The molecular weight excluding hydrogens is 254 g/mol. The van der Waals surface area contributed by atoms with Crippen molar-refractivity contribution >= 4 is 5.97 Å². The van der Waals surface area contributed by atoms with E-state index in [0.29, 0.717) is 0 Å². The smallest absolute Gasteiger partial charge is 0.309 e. The highest BCUT2D eigenvalue weighted by atomic mass is 16.4. The molecule has 1 aromatic heterocycles. The molecule has 20 heavy (non-hydrogen) atoms. The second-order valence-electron chi connectivity index (χ2n) is 5.84. The Balaban J connectivity index is 1.99. The molecule has 0 amide bonds. The van der Waals surface area contributed by atoms with Gasteiger partial charge in [-0.3, -0.25) is 14.4 Å². The van der Waals surface area contributed by atoms with Crippen LogP contribution in [-0.2, 0) is 24.8 Å². The molecule has 1 aliphatic heterocycles. The molecule has 1 aliphatic rings. The van der Waals surface area contributed by atoms with Crippen molar-refractivity contribution in [1.82, 2.24) is 14.7 Å². The Bertz CT molecular complexity index is 473. The predicted octanol–water partition coefficient (Wildman–Crippen LogP) is 2.06. The Morgan fingerprint density at radius 3 is 2.55 bits per heavy atom. The van der Waals surface area contributed by atoms with Crippen molar-refractivity contribution in [3.63, 3.8) is 0 Å². The standard InChI is InChI=1S/C15H25N3O2/c1-4-13-12(10-17(3)16-13)11-18-8-6-15(5-2,7-9-18)14(19)20/h10H,4-9,11H2,1-3H3,(H,19,20). The molecule has 0 saturated carbocycles. The molecule has 1 N–H and O–H groups in total. The van der Waals surface area contributed by atoms with Crippen molar-refractivity contribution in [3.8, 4) is 0 Å². The number of hydrogen-bond donors (Lipinski definition) is 1. The van der Waals surface area contributed by atoms with Crippen molar-refractivity contribution in [2.24, 2.45) is 12.5 Å². The van der Waals surface area contributed by atoms with Crippen LogP contribution in [0.15, 0.2) is 6.20 Å². The van der Waals surface area contributed by atoms with Crippen molar-refractivity contribution < 1.29 is 9.90 Å². The van der Waals surface area contributed by atoms with Gasteiger partial charge in [-0.2, -0.15) is 5.10 Å². The monoisotopic (exact) mass is 279 g/mol. The lowest BCUT2D eigenvalue weighted by atomic mass is 9.76. The Labute approximate surface area is 120 Å². The quantitative estimate of drug-likeness (QED) is 0.896. The predicted molar refractivity (Wildman–Crippen MR) is 77.5 cm³/mol. The number of carbonyl (C=O) groups is 1. The zero-order valence-electron chi connectivity index (χ0n) is 12.7. The van der Waals surface area contributed by atoms with Crippen LogP contribution in [0.3, 0.4) is 0 Å². The number of aliphatic carboxylic acids is 1. The number of piperidine rings is 1. The summed E-state index contributed by atoms with van der Waals surface area (Å²) in [6.07, 6.45) is 5.25. The molecule has 0 radical (unpaired) electrons. The lowest BCUT2D eigenvalue weighted by molar-refractivity contribution is -0.152. The molecule has 1 saturated heterocycles. The molecule has 2 heterocycles. The number of aryl methyl sites for hydroxylation is 2. The SMILES string of the molecule is CCc1nn(C)cc1CN1CCC(CC)(C(=O)O)CC1. The molecule has 0 bridgehead atoms. The Kier molecular flexibility index (Phi) is 4.48. The summed E-state index contributed by atoms with van der Waals surface area (Å²) in [4.78, 5) is 13.8. The number of carboxylic acids is 1. The van der Waals surface area contributed by atoms with E-state index < -0.39 is 11.4 Å². The largest absolute Gasteiger partial charge is 0.481 e. The first-order valence-electron chi connectivity index (χ1n) is 7.48. The summed E-state index contributed by atoms with van der Waals surface area (Å²) in [5.74, 6) is -0.629. The maximum atomic E-state index is 11.4. The third-order valence-electron chi connectivity index (χ3n) is 4.66. The number of carboxylic acid groups (broad SMARTS) is 1. The minimum absolute atomic E-state index is 0.501. The third kappa shape index (κ3) is 2.87. The van der Waals surface area contributed by atoms with E-state index in [4.69, 9.17) is 0 Å². The first-order valence-corrected chi connectivity index (χ1v) is 7.48. The summed E-state index contributed by atoms with van der Waals surface area (Å²) < 4.78 is 1.87. The Morgan fingerprint density at radius 1 is 1.40 bits per heavy atom. The first kappa shape index (κ1) is 15.0. The van der Waals surface area contributed by atoms with Crippen molar-refractivity contribution in [3.05, 3.63) is 17.5 Å². The molecule has 2 rings (SSSR count). The zero-order valence-corrected chi connectivity index (χ0v) is 12.7. The Morgan fingerprint density at radius 2 is 2.05 bits per heavy atom. The van der Waals surface area contributed by atoms with Gasteiger partial charge in [0.15, 0.2) is 0 Å². The van der Waals surface area contributed by atoms with Gasteiger partial charge in [0.1, 0.15) is 0 Å². The van der Waals surface area contributed by atoms with E-state index in [1.807, 2.05) is 18.7 Å². The fraction of sp³-hybridized carbons (Fsp3) is 0.733. The van der Waals surface area contributed by atoms with Crippen LogP contribution in [0.1, 0.15) is 44.4 Å². The maximum absolute atomic E-state index is 11.4. The van der Waals surface area contributed by atoms with Gasteiger partial charge in [-0.1, -0.05) is 13.8 Å². The van der Waals surface area contributed by atoms with Gasteiger partial charge in [0.2, 0.25) is 0 Å². The van der Waals surface area contributed by atoms with E-state index in [9.17, 15) is 9.90 Å². The second kappa shape index (κ2) is 5.95. The molecule has 112 valence electrons. The molecule has 0 aliphatic carbocycles. The number of likely N-dealkylation sites (tertiary alicyclic amines) is 1. The minimum Gasteiger partial charge on any atom is -0.481 e. The van der Waals surface area contributed by atoms with Gasteiger partial charge in [-0.05, 0) is 38.8 Å². The fourth-order valence-electron chi connectivity index (χ4n) is 3.11. The van der Waals surface area contributed by atoms with Crippen LogP contribution >= 0.6 is 0 Å². The molecular formula is C15H25N3O2. The summed E-state index contributed by atoms with van der Waals surface area (Å²) in [7, 11) is 1.95. The van der Waals surface area contributed by atoms with E-state index in [0.717, 1.165) is 51.0 Å². The van der Waals surface area contributed by atoms with E-state index in [1.165, 1.54) is 5.56 Å². The number of nitrogens with zero attached hydrogens (tertiary/aromatic N) is 3. The van der Waals surface area contributed by atoms with Crippen LogP contribution in [0.25, 0.3) is 0 Å². The molecule has 0 atom stereocenters. The van der Waals surface area contributed by atoms with Gasteiger partial charge in [0.05, 0.1) is 11.1 Å². The number of aromatic nitrogens is 2. The van der Waals surface area contributed by atoms with Crippen LogP contribution in [0, 0.1) is 5.41 Å². The third-order valence-corrected chi connectivity index (χ3v) is 4.66. The highest BCUT2D eigenvalue weighted by Crippen LogP contribution is 2.35. The van der Waals surface area contributed by atoms with Gasteiger partial charge < -0.3 is 5.11 Å². The van der Waals surface area contributed by atoms with E-state index in [2.05, 4.69) is 23.1 Å². The molecule has 0 spiro atoms. The summed E-state index contributed by atoms with van der Waals surface area (Å²) in [5.41, 5.74) is 1.92. The van der Waals surface area contributed by atoms with Crippen LogP contribution in [-0.4, -0.2) is 38.8 Å². The number of rotatable bonds is 5. The topological polar surface area (TPSA) is 58.4 Å². The molecule has 0 aromatic carbocycles. The van der Waals surface area contributed by atoms with Gasteiger partial charge in [-0.15, -0.1) is 0 Å². The molecule has 1 aromatic rings. The molecule has 1 fully saturated rings. The van der Waals surface area contributed by atoms with Crippen molar-refractivity contribution in [2.45, 2.75) is 46.1 Å². The highest BCUT2D eigenvalue weighted by molar-refractivity contribution is 5.74. The Hall–Kier alpha value is -1.36. The van der Waals surface area contributed by atoms with Gasteiger partial charge in [0.25, 0.3) is 0 Å². The summed E-state index contributed by atoms with van der Waals surface area (Å²) in [5, 5.41) is 13.9. The maximum Gasteiger partial charge on any atom is 0.309 e. The lowest BCUT2D eigenvalue weighted by Gasteiger charge is -2.38. The summed E-state index contributed by atoms with van der Waals surface area (Å²) in [6, 6.07) is 0. The minimum atomic E-state index is -0.629. The van der Waals surface area contributed by atoms with Crippen LogP contribution in [0.2, 0.25) is 0 Å². The lowest BCUT2D eigenvalue weighted by Crippen LogP contribution is -2.43. The molecule has 5 nitrogen and oxygen atoms in total. The average molecular weight is 279 g/mol. The zero-order chi connectivity index (χ0) is 14.8. The van der Waals surface area contributed by atoms with Gasteiger partial charge >= 0.3 is 5.97 Å². The van der Waals surface area contributed by atoms with Gasteiger partial charge in [-0.25, -0.2) is 0 Å². The first-order chi connectivity index (χ1) is 9.50. The van der Waals surface area contributed by atoms with Crippen LogP contribution < -0.4 is 0 Å². The van der Waals surface area contributed by atoms with Crippen molar-refractivity contribution in [2.75, 3.05) is 13.1 Å². The van der Waals surface area contributed by atoms with Crippen LogP contribution in [0.4, 0.5) is 0 Å². The van der Waals surface area contributed by atoms with E-state index >= 15 is 0 Å². The number of hydrogen-bond acceptors (Lipinski definition) is 3. The second-order valence-corrected chi connectivity index (χ2v) is 5.84. The molecule has 5 heteroatoms. The van der Waals surface area contributed by atoms with Crippen LogP contribution in [0.5, 0.6) is 0 Å². The van der Waals surface area contributed by atoms with E-state index in [1.54, 1.807) is 0 Å². The van der Waals surface area contributed by atoms with Gasteiger partial charge in [0, 0.05) is 25.4 Å². The highest BCUT2D eigenvalue weighted by Gasteiger charge is 2.39. The normalized spacial score (nSPS) is 19.1. The average Bonchev–Trinajstić information content (AvgIpc) is 2.79. The van der Waals surface area contributed by atoms with E-state index in [-0.39, 0.29) is 0 Å². The fourth-order valence-corrected chi connectivity index (χ4v) is 3.11. The summed E-state index contributed by atoms with van der Waals surface area (Å²) in [6.45, 7) is 6.71. The van der Waals surface area contributed by atoms with Crippen molar-refractivity contribution in [1.29, 1.82) is 0 Å². The summed E-state index contributed by atoms with van der Waals surface area (Å²) >= 11 is 0. The molecule has 0 unspecified atom stereocenters.